The van der Waals surface area contributed by atoms with E-state index < -0.39 is 0 Å². The van der Waals surface area contributed by atoms with Crippen LogP contribution in [0, 0.1) is 13.8 Å². The van der Waals surface area contributed by atoms with Gasteiger partial charge in [0.1, 0.15) is 0 Å². The summed E-state index contributed by atoms with van der Waals surface area (Å²) >= 11 is 1.56. The number of methoxy groups -OCH3 is 1. The van der Waals surface area contributed by atoms with Crippen molar-refractivity contribution < 1.29 is 9.53 Å². The lowest BCUT2D eigenvalue weighted by molar-refractivity contribution is 0.0721. The van der Waals surface area contributed by atoms with E-state index in [1.54, 1.807) is 18.4 Å². The number of hydrogen-bond acceptors (Lipinski definition) is 7. The highest BCUT2D eigenvalue weighted by Crippen LogP contribution is 2.30. The van der Waals surface area contributed by atoms with E-state index in [4.69, 9.17) is 4.74 Å². The van der Waals surface area contributed by atoms with Crippen LogP contribution in [0.1, 0.15) is 45.9 Å². The summed E-state index contributed by atoms with van der Waals surface area (Å²) in [7, 11) is 1.69. The quantitative estimate of drug-likeness (QED) is 0.689. The molecule has 29 heavy (non-hydrogen) atoms. The van der Waals surface area contributed by atoms with E-state index >= 15 is 0 Å². The van der Waals surface area contributed by atoms with E-state index in [9.17, 15) is 4.79 Å². The van der Waals surface area contributed by atoms with Crippen molar-refractivity contribution in [3.8, 4) is 0 Å². The fraction of sp³-hybridized carbons (Fsp3) is 0.429. The van der Waals surface area contributed by atoms with E-state index in [0.717, 1.165) is 32.6 Å². The molecule has 2 unspecified atom stereocenters. The molecule has 0 spiro atoms. The molecule has 1 amide bonds. The van der Waals surface area contributed by atoms with Gasteiger partial charge in [-0.3, -0.25) is 9.78 Å². The van der Waals surface area contributed by atoms with Crippen LogP contribution in [0.2, 0.25) is 0 Å². The minimum atomic E-state index is -0.0632. The van der Waals surface area contributed by atoms with Gasteiger partial charge in [0.2, 0.25) is 5.95 Å². The summed E-state index contributed by atoms with van der Waals surface area (Å²) in [5.74, 6) is 0.391. The van der Waals surface area contributed by atoms with Crippen molar-refractivity contribution in [3.05, 3.63) is 46.2 Å². The average molecular weight is 412 g/mol. The number of thiophene rings is 1. The summed E-state index contributed by atoms with van der Waals surface area (Å²) < 4.78 is 6.25. The number of hydrogen-bond donors (Lipinski definition) is 1. The maximum absolute atomic E-state index is 13.2. The summed E-state index contributed by atoms with van der Waals surface area (Å²) in [4.78, 5) is 29.7. The number of carbonyl (C=O) groups excluding carboxylic acids is 1. The minimum absolute atomic E-state index is 0.0350. The number of rotatable bonds is 5. The van der Waals surface area contributed by atoms with E-state index in [0.29, 0.717) is 24.7 Å². The number of nitrogens with zero attached hydrogens (tertiary/aromatic N) is 4. The zero-order valence-electron chi connectivity index (χ0n) is 17.1. The Balaban J connectivity index is 1.66. The van der Waals surface area contributed by atoms with Gasteiger partial charge in [-0.05, 0) is 44.4 Å². The highest BCUT2D eigenvalue weighted by Gasteiger charge is 2.29. The third-order valence-electron chi connectivity index (χ3n) is 5.20. The maximum atomic E-state index is 13.2. The Bertz CT molecular complexity index is 1050. The van der Waals surface area contributed by atoms with Gasteiger partial charge in [0, 0.05) is 37.5 Å². The van der Waals surface area contributed by atoms with Crippen LogP contribution in [0.15, 0.2) is 24.5 Å². The SMILES string of the molecule is COC1CCN(C(=O)c2nc(NC(C)c3cncc(C)c3)nc3cc(C)sc23)C1. The molecule has 152 valence electrons. The van der Waals surface area contributed by atoms with Crippen LogP contribution in [0.5, 0.6) is 0 Å². The van der Waals surface area contributed by atoms with Crippen molar-refractivity contribution >= 4 is 33.4 Å². The molecule has 1 N–H and O–H groups in total. The first-order valence-electron chi connectivity index (χ1n) is 9.73. The van der Waals surface area contributed by atoms with E-state index in [-0.39, 0.29) is 18.1 Å². The first kappa shape index (κ1) is 19.7. The molecule has 0 aromatic carbocycles. The van der Waals surface area contributed by atoms with E-state index in [1.165, 1.54) is 0 Å². The zero-order chi connectivity index (χ0) is 20.5. The number of aromatic nitrogens is 3. The second-order valence-corrected chi connectivity index (χ2v) is 8.78. The number of pyridine rings is 1. The molecule has 1 aliphatic heterocycles. The van der Waals surface area contributed by atoms with Crippen LogP contribution in [-0.4, -0.2) is 52.1 Å². The van der Waals surface area contributed by atoms with Crippen molar-refractivity contribution in [3.63, 3.8) is 0 Å². The Labute approximate surface area is 174 Å². The average Bonchev–Trinajstić information content (AvgIpc) is 3.32. The number of aryl methyl sites for hydroxylation is 2. The Kier molecular flexibility index (Phi) is 5.47. The molecule has 4 heterocycles. The van der Waals surface area contributed by atoms with Gasteiger partial charge in [-0.25, -0.2) is 9.97 Å². The van der Waals surface area contributed by atoms with Crippen LogP contribution in [0.25, 0.3) is 10.2 Å². The highest BCUT2D eigenvalue weighted by atomic mass is 32.1. The Morgan fingerprint density at radius 1 is 1.31 bits per heavy atom. The summed E-state index contributed by atoms with van der Waals surface area (Å²) in [6, 6.07) is 4.05. The first-order valence-corrected chi connectivity index (χ1v) is 10.5. The third-order valence-corrected chi connectivity index (χ3v) is 6.25. The molecule has 3 aromatic rings. The predicted molar refractivity (Wildman–Crippen MR) is 114 cm³/mol. The Morgan fingerprint density at radius 2 is 2.14 bits per heavy atom. The first-order chi connectivity index (χ1) is 13.9. The number of likely N-dealkylation sites (tertiary alicyclic amines) is 1. The molecule has 1 fully saturated rings. The molecule has 0 aliphatic carbocycles. The summed E-state index contributed by atoms with van der Waals surface area (Å²) in [5, 5.41) is 3.34. The smallest absolute Gasteiger partial charge is 0.274 e. The summed E-state index contributed by atoms with van der Waals surface area (Å²) in [6.07, 6.45) is 4.60. The van der Waals surface area contributed by atoms with Crippen molar-refractivity contribution in [2.24, 2.45) is 0 Å². The molecule has 8 heteroatoms. The zero-order valence-corrected chi connectivity index (χ0v) is 17.9. The number of carbonyl (C=O) groups is 1. The number of amides is 1. The number of fused-ring (bicyclic) bond motifs is 1. The third kappa shape index (κ3) is 4.09. The van der Waals surface area contributed by atoms with Crippen molar-refractivity contribution in [1.29, 1.82) is 0 Å². The Hall–Kier alpha value is -2.58. The molecule has 4 rings (SSSR count). The lowest BCUT2D eigenvalue weighted by atomic mass is 10.1. The van der Waals surface area contributed by atoms with Gasteiger partial charge >= 0.3 is 0 Å². The van der Waals surface area contributed by atoms with Crippen LogP contribution >= 0.6 is 11.3 Å². The monoisotopic (exact) mass is 411 g/mol. The van der Waals surface area contributed by atoms with Gasteiger partial charge in [0.05, 0.1) is 22.4 Å². The molecular weight excluding hydrogens is 386 g/mol. The lowest BCUT2D eigenvalue weighted by Gasteiger charge is -2.18. The standard InChI is InChI=1S/C21H25N5O2S/c1-12-7-15(10-22-9-12)14(3)23-21-24-17-8-13(2)29-19(17)18(25-21)20(27)26-6-5-16(11-26)28-4/h7-10,14,16H,5-6,11H2,1-4H3,(H,23,24,25). The van der Waals surface area contributed by atoms with Gasteiger partial charge in [-0.2, -0.15) is 0 Å². The van der Waals surface area contributed by atoms with Gasteiger partial charge in [0.25, 0.3) is 5.91 Å². The van der Waals surface area contributed by atoms with Crippen LogP contribution < -0.4 is 5.32 Å². The van der Waals surface area contributed by atoms with E-state index in [1.807, 2.05) is 44.1 Å². The van der Waals surface area contributed by atoms with Crippen LogP contribution in [0.3, 0.4) is 0 Å². The molecule has 1 saturated heterocycles. The van der Waals surface area contributed by atoms with Crippen molar-refractivity contribution in [1.82, 2.24) is 19.9 Å². The van der Waals surface area contributed by atoms with Crippen molar-refractivity contribution in [2.45, 2.75) is 39.3 Å². The topological polar surface area (TPSA) is 80.2 Å². The summed E-state index contributed by atoms with van der Waals surface area (Å²) in [6.45, 7) is 7.35. The number of anilines is 1. The molecule has 1 aliphatic rings. The van der Waals surface area contributed by atoms with Gasteiger partial charge in [0.15, 0.2) is 5.69 Å². The molecule has 0 saturated carbocycles. The highest BCUT2D eigenvalue weighted by molar-refractivity contribution is 7.19. The van der Waals surface area contributed by atoms with Crippen LogP contribution in [0.4, 0.5) is 5.95 Å². The molecule has 7 nitrogen and oxygen atoms in total. The molecule has 3 aromatic heterocycles. The summed E-state index contributed by atoms with van der Waals surface area (Å²) in [5.41, 5.74) is 3.40. The second-order valence-electron chi connectivity index (χ2n) is 7.53. The molecular formula is C21H25N5O2S. The normalized spacial score (nSPS) is 17.7. The predicted octanol–water partition coefficient (Wildman–Crippen LogP) is 3.74. The molecule has 0 bridgehead atoms. The maximum Gasteiger partial charge on any atom is 0.274 e. The number of ether oxygens (including phenoxy) is 1. The largest absolute Gasteiger partial charge is 0.380 e. The second kappa shape index (κ2) is 8.04. The minimum Gasteiger partial charge on any atom is -0.380 e. The molecule has 0 radical (unpaired) electrons. The Morgan fingerprint density at radius 3 is 2.86 bits per heavy atom. The lowest BCUT2D eigenvalue weighted by Crippen LogP contribution is -2.31. The van der Waals surface area contributed by atoms with Gasteiger partial charge < -0.3 is 15.0 Å². The van der Waals surface area contributed by atoms with Crippen molar-refractivity contribution in [2.75, 3.05) is 25.5 Å². The molecule has 2 atom stereocenters. The van der Waals surface area contributed by atoms with Gasteiger partial charge in [-0.15, -0.1) is 11.3 Å². The van der Waals surface area contributed by atoms with E-state index in [2.05, 4.69) is 26.3 Å². The number of nitrogens with one attached hydrogen (secondary N) is 1. The van der Waals surface area contributed by atoms with Crippen LogP contribution in [-0.2, 0) is 4.74 Å². The van der Waals surface area contributed by atoms with Gasteiger partial charge in [-0.1, -0.05) is 6.07 Å². The fourth-order valence-electron chi connectivity index (χ4n) is 3.61. The fourth-order valence-corrected chi connectivity index (χ4v) is 4.54.